The molecule has 0 bridgehead atoms. The van der Waals surface area contributed by atoms with Crippen molar-refractivity contribution in [1.29, 1.82) is 0 Å². The molecule has 0 N–H and O–H groups in total. The van der Waals surface area contributed by atoms with Crippen molar-refractivity contribution in [2.75, 3.05) is 20.2 Å². The number of hydrogen-bond donors (Lipinski definition) is 0. The monoisotopic (exact) mass is 391 g/mol. The average molecular weight is 391 g/mol. The summed E-state index contributed by atoms with van der Waals surface area (Å²) < 4.78 is 37.3. The lowest BCUT2D eigenvalue weighted by molar-refractivity contribution is 0.217. The molecule has 0 unspecified atom stereocenters. The summed E-state index contributed by atoms with van der Waals surface area (Å²) in [5, 5.41) is 5.78. The molecule has 3 aromatic rings. The normalized spacial score (nSPS) is 15.7. The molecule has 3 heterocycles. The number of rotatable bonds is 6. The highest BCUT2D eigenvalue weighted by atomic mass is 32.2. The summed E-state index contributed by atoms with van der Waals surface area (Å²) in [6.45, 7) is 0.715. The van der Waals surface area contributed by atoms with Gasteiger partial charge in [0, 0.05) is 25.1 Å². The molecule has 1 aromatic carbocycles. The molecule has 1 fully saturated rings. The first-order chi connectivity index (χ1) is 12.6. The van der Waals surface area contributed by atoms with Crippen molar-refractivity contribution >= 4 is 21.4 Å². The summed E-state index contributed by atoms with van der Waals surface area (Å²) in [5.74, 6) is 1.75. The topological polar surface area (TPSA) is 85.5 Å². The van der Waals surface area contributed by atoms with E-state index in [9.17, 15) is 8.42 Å². The molecule has 0 spiro atoms. The summed E-state index contributed by atoms with van der Waals surface area (Å²) in [6, 6.07) is 11.0. The average Bonchev–Trinajstić information content (AvgIpc) is 3.26. The van der Waals surface area contributed by atoms with Crippen LogP contribution in [0.15, 0.2) is 50.5 Å². The van der Waals surface area contributed by atoms with Gasteiger partial charge in [-0.25, -0.2) is 8.42 Å². The maximum Gasteiger partial charge on any atom is 0.252 e. The molecule has 4 rings (SSSR count). The Morgan fingerprint density at radius 1 is 1.27 bits per heavy atom. The molecule has 26 heavy (non-hydrogen) atoms. The van der Waals surface area contributed by atoms with Crippen LogP contribution in [0.5, 0.6) is 5.75 Å². The molecule has 0 aliphatic carbocycles. The first-order valence-corrected chi connectivity index (χ1v) is 10.4. The largest absolute Gasteiger partial charge is 0.496 e. The fraction of sp³-hybridized carbons (Fsp3) is 0.294. The molecule has 0 atom stereocenters. The van der Waals surface area contributed by atoms with Gasteiger partial charge in [0.05, 0.1) is 13.0 Å². The van der Waals surface area contributed by atoms with E-state index >= 15 is 0 Å². The summed E-state index contributed by atoms with van der Waals surface area (Å²) in [7, 11) is -1.78. The molecule has 9 heteroatoms. The van der Waals surface area contributed by atoms with Gasteiger partial charge in [0.1, 0.15) is 9.96 Å². The van der Waals surface area contributed by atoms with Gasteiger partial charge in [-0.3, -0.25) is 0 Å². The third-order valence-corrected chi connectivity index (χ3v) is 7.52. The van der Waals surface area contributed by atoms with E-state index in [4.69, 9.17) is 9.26 Å². The van der Waals surface area contributed by atoms with Crippen molar-refractivity contribution < 1.29 is 17.7 Å². The smallest absolute Gasteiger partial charge is 0.252 e. The number of benzene rings is 1. The predicted octanol–water partition coefficient (Wildman–Crippen LogP) is 2.52. The minimum Gasteiger partial charge on any atom is -0.496 e. The second-order valence-corrected chi connectivity index (χ2v) is 9.10. The van der Waals surface area contributed by atoms with Crippen LogP contribution < -0.4 is 4.74 Å². The Labute approximate surface area is 155 Å². The number of ether oxygens (including phenoxy) is 1. The summed E-state index contributed by atoms with van der Waals surface area (Å²) in [6.07, 6.45) is 0.497. The van der Waals surface area contributed by atoms with Gasteiger partial charge in [-0.05, 0) is 17.5 Å². The maximum atomic E-state index is 12.4. The lowest BCUT2D eigenvalue weighted by atomic mass is 10.0. The van der Waals surface area contributed by atoms with Crippen molar-refractivity contribution in [2.45, 2.75) is 16.5 Å². The zero-order valence-electron chi connectivity index (χ0n) is 14.0. The second kappa shape index (κ2) is 6.82. The molecule has 1 aliphatic heterocycles. The Hall–Kier alpha value is -2.23. The molecule has 2 aromatic heterocycles. The fourth-order valence-electron chi connectivity index (χ4n) is 2.85. The Balaban J connectivity index is 1.42. The number of thiophene rings is 1. The quantitative estimate of drug-likeness (QED) is 0.642. The SMILES string of the molecule is COc1ccccc1Cc1noc(C2CN(S(=O)(=O)c3cccs3)C2)n1. The third kappa shape index (κ3) is 3.13. The van der Waals surface area contributed by atoms with Crippen LogP contribution in [0.1, 0.15) is 23.2 Å². The molecular weight excluding hydrogens is 374 g/mol. The third-order valence-electron chi connectivity index (χ3n) is 4.31. The number of hydrogen-bond acceptors (Lipinski definition) is 7. The summed E-state index contributed by atoms with van der Waals surface area (Å²) >= 11 is 1.22. The molecule has 1 saturated heterocycles. The first-order valence-electron chi connectivity index (χ1n) is 8.06. The van der Waals surface area contributed by atoms with Gasteiger partial charge < -0.3 is 9.26 Å². The standard InChI is InChI=1S/C17H17N3O4S2/c1-23-14-6-3-2-5-12(14)9-15-18-17(24-19-15)13-10-20(11-13)26(21,22)16-7-4-8-25-16/h2-8,13H,9-11H2,1H3. The minimum absolute atomic E-state index is 0.0661. The van der Waals surface area contributed by atoms with E-state index in [1.165, 1.54) is 15.6 Å². The van der Waals surface area contributed by atoms with E-state index in [0.717, 1.165) is 11.3 Å². The molecule has 0 amide bonds. The number of para-hydroxylation sites is 1. The van der Waals surface area contributed by atoms with Crippen molar-refractivity contribution in [3.05, 3.63) is 59.1 Å². The molecule has 7 nitrogen and oxygen atoms in total. The van der Waals surface area contributed by atoms with Crippen LogP contribution in [0, 0.1) is 0 Å². The highest BCUT2D eigenvalue weighted by Gasteiger charge is 2.40. The molecule has 0 saturated carbocycles. The van der Waals surface area contributed by atoms with Crippen molar-refractivity contribution in [3.63, 3.8) is 0 Å². The summed E-state index contributed by atoms with van der Waals surface area (Å²) in [5.41, 5.74) is 0.970. The second-order valence-electron chi connectivity index (χ2n) is 5.99. The highest BCUT2D eigenvalue weighted by Crippen LogP contribution is 2.32. The van der Waals surface area contributed by atoms with E-state index < -0.39 is 10.0 Å². The van der Waals surface area contributed by atoms with Crippen LogP contribution in [0.4, 0.5) is 0 Å². The van der Waals surface area contributed by atoms with Gasteiger partial charge in [-0.2, -0.15) is 9.29 Å². The predicted molar refractivity (Wildman–Crippen MR) is 95.9 cm³/mol. The molecule has 136 valence electrons. The van der Waals surface area contributed by atoms with Crippen LogP contribution in [0.2, 0.25) is 0 Å². The number of methoxy groups -OCH3 is 1. The molecule has 1 aliphatic rings. The van der Waals surface area contributed by atoms with Gasteiger partial charge in [-0.1, -0.05) is 29.4 Å². The van der Waals surface area contributed by atoms with Gasteiger partial charge in [0.25, 0.3) is 10.0 Å². The zero-order valence-corrected chi connectivity index (χ0v) is 15.7. The Kier molecular flexibility index (Phi) is 4.51. The lowest BCUT2D eigenvalue weighted by Crippen LogP contribution is -2.48. The van der Waals surface area contributed by atoms with Crippen LogP contribution >= 0.6 is 11.3 Å². The first kappa shape index (κ1) is 17.2. The number of aromatic nitrogens is 2. The Bertz CT molecular complexity index is 993. The Morgan fingerprint density at radius 3 is 2.81 bits per heavy atom. The van der Waals surface area contributed by atoms with E-state index in [1.807, 2.05) is 24.3 Å². The highest BCUT2D eigenvalue weighted by molar-refractivity contribution is 7.91. The van der Waals surface area contributed by atoms with Gasteiger partial charge in [0.15, 0.2) is 5.82 Å². The van der Waals surface area contributed by atoms with Crippen molar-refractivity contribution in [2.24, 2.45) is 0 Å². The number of sulfonamides is 1. The van der Waals surface area contributed by atoms with Gasteiger partial charge in [-0.15, -0.1) is 11.3 Å². The van der Waals surface area contributed by atoms with Crippen LogP contribution in [-0.2, 0) is 16.4 Å². The summed E-state index contributed by atoms with van der Waals surface area (Å²) in [4.78, 5) is 4.43. The number of nitrogens with zero attached hydrogens (tertiary/aromatic N) is 3. The van der Waals surface area contributed by atoms with E-state index in [1.54, 1.807) is 24.6 Å². The van der Waals surface area contributed by atoms with Crippen molar-refractivity contribution in [3.8, 4) is 5.75 Å². The van der Waals surface area contributed by atoms with Gasteiger partial charge >= 0.3 is 0 Å². The fourth-order valence-corrected chi connectivity index (χ4v) is 5.53. The Morgan fingerprint density at radius 2 is 2.08 bits per heavy atom. The van der Waals surface area contributed by atoms with E-state index in [-0.39, 0.29) is 5.92 Å². The van der Waals surface area contributed by atoms with Crippen LogP contribution in [0.3, 0.4) is 0 Å². The zero-order chi connectivity index (χ0) is 18.1. The van der Waals surface area contributed by atoms with E-state index in [0.29, 0.717) is 35.4 Å². The lowest BCUT2D eigenvalue weighted by Gasteiger charge is -2.35. The van der Waals surface area contributed by atoms with Crippen LogP contribution in [-0.4, -0.2) is 43.1 Å². The molecule has 0 radical (unpaired) electrons. The molecular formula is C17H17N3O4S2. The maximum absolute atomic E-state index is 12.4. The van der Waals surface area contributed by atoms with Crippen LogP contribution in [0.25, 0.3) is 0 Å². The van der Waals surface area contributed by atoms with E-state index in [2.05, 4.69) is 10.1 Å². The minimum atomic E-state index is -3.41. The van der Waals surface area contributed by atoms with Gasteiger partial charge in [0.2, 0.25) is 5.89 Å². The van der Waals surface area contributed by atoms with Crippen molar-refractivity contribution in [1.82, 2.24) is 14.4 Å².